The molecule has 8 nitrogen and oxygen atoms in total. The van der Waals surface area contributed by atoms with Crippen molar-refractivity contribution < 1.29 is 14.0 Å². The van der Waals surface area contributed by atoms with E-state index in [1.807, 2.05) is 6.07 Å². The number of carbonyl (C=O) groups is 2. The van der Waals surface area contributed by atoms with E-state index in [-0.39, 0.29) is 5.91 Å². The zero-order chi connectivity index (χ0) is 16.4. The standard InChI is InChI=1S/C15H18N4O4/c16-14(21)19-7-5-18(6-8-19)13(20)4-2-10-1-3-11-12(9-10)23-15(22)17-11/h1,3,9H,2,4-8H2,(H2,16,21)(H,17,22). The third kappa shape index (κ3) is 3.36. The summed E-state index contributed by atoms with van der Waals surface area (Å²) in [5.41, 5.74) is 7.30. The van der Waals surface area contributed by atoms with Crippen LogP contribution < -0.4 is 11.5 Å². The Balaban J connectivity index is 1.56. The molecule has 23 heavy (non-hydrogen) atoms. The molecule has 1 aromatic carbocycles. The summed E-state index contributed by atoms with van der Waals surface area (Å²) in [5.74, 6) is -0.440. The molecular formula is C15H18N4O4. The highest BCUT2D eigenvalue weighted by atomic mass is 16.4. The Bertz CT molecular complexity index is 786. The molecule has 1 fully saturated rings. The molecule has 1 aromatic heterocycles. The lowest BCUT2D eigenvalue weighted by molar-refractivity contribution is -0.132. The van der Waals surface area contributed by atoms with Crippen LogP contribution in [0, 0.1) is 0 Å². The number of nitrogens with one attached hydrogen (secondary N) is 1. The van der Waals surface area contributed by atoms with E-state index in [0.717, 1.165) is 5.56 Å². The fourth-order valence-corrected chi connectivity index (χ4v) is 2.73. The van der Waals surface area contributed by atoms with Crippen LogP contribution in [0.3, 0.4) is 0 Å². The molecular weight excluding hydrogens is 300 g/mol. The fourth-order valence-electron chi connectivity index (χ4n) is 2.73. The lowest BCUT2D eigenvalue weighted by Gasteiger charge is -2.33. The molecule has 2 aromatic rings. The molecule has 1 saturated heterocycles. The number of oxazole rings is 1. The Kier molecular flexibility index (Phi) is 4.05. The molecule has 1 aliphatic heterocycles. The lowest BCUT2D eigenvalue weighted by atomic mass is 10.1. The fraction of sp³-hybridized carbons (Fsp3) is 0.400. The monoisotopic (exact) mass is 318 g/mol. The highest BCUT2D eigenvalue weighted by Crippen LogP contribution is 2.14. The summed E-state index contributed by atoms with van der Waals surface area (Å²) in [6.07, 6.45) is 0.941. The Morgan fingerprint density at radius 1 is 1.17 bits per heavy atom. The van der Waals surface area contributed by atoms with Crippen LogP contribution in [0.4, 0.5) is 4.79 Å². The van der Waals surface area contributed by atoms with Gasteiger partial charge in [0.2, 0.25) is 5.91 Å². The van der Waals surface area contributed by atoms with E-state index in [1.54, 1.807) is 17.0 Å². The lowest BCUT2D eigenvalue weighted by Crippen LogP contribution is -2.52. The summed E-state index contributed by atoms with van der Waals surface area (Å²) in [5, 5.41) is 0. The summed E-state index contributed by atoms with van der Waals surface area (Å²) < 4.78 is 5.01. The molecule has 0 saturated carbocycles. The van der Waals surface area contributed by atoms with Crippen LogP contribution >= 0.6 is 0 Å². The van der Waals surface area contributed by atoms with Crippen LogP contribution in [0.5, 0.6) is 0 Å². The van der Waals surface area contributed by atoms with E-state index >= 15 is 0 Å². The van der Waals surface area contributed by atoms with Crippen molar-refractivity contribution in [2.45, 2.75) is 12.8 Å². The van der Waals surface area contributed by atoms with Crippen LogP contribution in [0.2, 0.25) is 0 Å². The number of benzene rings is 1. The number of aromatic amines is 1. The van der Waals surface area contributed by atoms with Gasteiger partial charge in [0.1, 0.15) is 0 Å². The van der Waals surface area contributed by atoms with Gasteiger partial charge >= 0.3 is 11.8 Å². The summed E-state index contributed by atoms with van der Waals surface area (Å²) in [6, 6.07) is 4.96. The van der Waals surface area contributed by atoms with E-state index in [2.05, 4.69) is 4.98 Å². The summed E-state index contributed by atoms with van der Waals surface area (Å²) in [7, 11) is 0. The molecule has 0 atom stereocenters. The number of aryl methyl sites for hydroxylation is 1. The summed E-state index contributed by atoms with van der Waals surface area (Å²) in [6.45, 7) is 1.96. The van der Waals surface area contributed by atoms with Crippen LogP contribution in [0.15, 0.2) is 27.4 Å². The SMILES string of the molecule is NC(=O)N1CCN(C(=O)CCc2ccc3[nH]c(=O)oc3c2)CC1. The predicted octanol–water partition coefficient (Wildman–Crippen LogP) is 0.277. The van der Waals surface area contributed by atoms with Crippen molar-refractivity contribution in [3.63, 3.8) is 0 Å². The molecule has 3 rings (SSSR count). The second-order valence-electron chi connectivity index (χ2n) is 5.55. The second-order valence-corrected chi connectivity index (χ2v) is 5.55. The van der Waals surface area contributed by atoms with Crippen LogP contribution in [-0.4, -0.2) is 52.9 Å². The van der Waals surface area contributed by atoms with Gasteiger partial charge < -0.3 is 20.0 Å². The molecule has 8 heteroatoms. The van der Waals surface area contributed by atoms with E-state index < -0.39 is 11.8 Å². The molecule has 0 unspecified atom stereocenters. The number of carbonyl (C=O) groups excluding carboxylic acids is 2. The van der Waals surface area contributed by atoms with Crippen molar-refractivity contribution in [2.75, 3.05) is 26.2 Å². The van der Waals surface area contributed by atoms with Gasteiger partial charge in [0, 0.05) is 32.6 Å². The van der Waals surface area contributed by atoms with E-state index in [4.69, 9.17) is 10.2 Å². The van der Waals surface area contributed by atoms with E-state index in [1.165, 1.54) is 4.90 Å². The molecule has 122 valence electrons. The Hall–Kier alpha value is -2.77. The average molecular weight is 318 g/mol. The minimum atomic E-state index is -0.486. The summed E-state index contributed by atoms with van der Waals surface area (Å²) in [4.78, 5) is 40.3. The van der Waals surface area contributed by atoms with Gasteiger partial charge in [-0.1, -0.05) is 6.07 Å². The number of H-pyrrole nitrogens is 1. The van der Waals surface area contributed by atoms with E-state index in [9.17, 15) is 14.4 Å². The Labute approximate surface area is 131 Å². The Morgan fingerprint density at radius 2 is 1.87 bits per heavy atom. The average Bonchev–Trinajstić information content (AvgIpc) is 2.92. The molecule has 3 amide bonds. The zero-order valence-corrected chi connectivity index (χ0v) is 12.6. The number of hydrogen-bond acceptors (Lipinski definition) is 4. The van der Waals surface area contributed by atoms with Crippen molar-refractivity contribution in [1.29, 1.82) is 0 Å². The topological polar surface area (TPSA) is 113 Å². The number of urea groups is 1. The highest BCUT2D eigenvalue weighted by molar-refractivity contribution is 5.78. The van der Waals surface area contributed by atoms with Gasteiger partial charge in [-0.3, -0.25) is 9.78 Å². The van der Waals surface area contributed by atoms with Crippen LogP contribution in [0.1, 0.15) is 12.0 Å². The second kappa shape index (κ2) is 6.15. The summed E-state index contributed by atoms with van der Waals surface area (Å²) >= 11 is 0. The normalized spacial score (nSPS) is 15.1. The van der Waals surface area contributed by atoms with Gasteiger partial charge in [-0.15, -0.1) is 0 Å². The van der Waals surface area contributed by atoms with Gasteiger partial charge in [0.15, 0.2) is 5.58 Å². The van der Waals surface area contributed by atoms with Gasteiger partial charge in [-0.25, -0.2) is 9.59 Å². The number of aromatic nitrogens is 1. The van der Waals surface area contributed by atoms with Gasteiger partial charge in [0.25, 0.3) is 0 Å². The van der Waals surface area contributed by atoms with Crippen molar-refractivity contribution in [3.05, 3.63) is 34.3 Å². The first-order chi connectivity index (χ1) is 11.0. The number of rotatable bonds is 3. The van der Waals surface area contributed by atoms with Gasteiger partial charge in [0.05, 0.1) is 5.52 Å². The third-order valence-corrected chi connectivity index (χ3v) is 4.06. The van der Waals surface area contributed by atoms with Crippen molar-refractivity contribution in [1.82, 2.24) is 14.8 Å². The highest BCUT2D eigenvalue weighted by Gasteiger charge is 2.22. The molecule has 0 bridgehead atoms. The maximum absolute atomic E-state index is 12.2. The zero-order valence-electron chi connectivity index (χ0n) is 12.6. The van der Waals surface area contributed by atoms with Crippen molar-refractivity contribution in [3.8, 4) is 0 Å². The number of fused-ring (bicyclic) bond motifs is 1. The first-order valence-electron chi connectivity index (χ1n) is 7.47. The molecule has 0 spiro atoms. The van der Waals surface area contributed by atoms with E-state index in [0.29, 0.717) is 50.1 Å². The smallest absolute Gasteiger partial charge is 0.408 e. The molecule has 1 aliphatic rings. The third-order valence-electron chi connectivity index (χ3n) is 4.06. The van der Waals surface area contributed by atoms with Gasteiger partial charge in [-0.05, 0) is 24.1 Å². The van der Waals surface area contributed by atoms with Crippen LogP contribution in [-0.2, 0) is 11.2 Å². The molecule has 0 radical (unpaired) electrons. The number of nitrogens with two attached hydrogens (primary N) is 1. The largest absolute Gasteiger partial charge is 0.417 e. The molecule has 2 heterocycles. The van der Waals surface area contributed by atoms with Crippen LogP contribution in [0.25, 0.3) is 11.1 Å². The minimum absolute atomic E-state index is 0.0461. The number of primary amides is 1. The predicted molar refractivity (Wildman–Crippen MR) is 82.9 cm³/mol. The van der Waals surface area contributed by atoms with Crippen molar-refractivity contribution >= 4 is 23.0 Å². The van der Waals surface area contributed by atoms with Crippen molar-refractivity contribution in [2.24, 2.45) is 5.73 Å². The minimum Gasteiger partial charge on any atom is -0.408 e. The Morgan fingerprint density at radius 3 is 2.57 bits per heavy atom. The maximum Gasteiger partial charge on any atom is 0.417 e. The quantitative estimate of drug-likeness (QED) is 0.846. The first kappa shape index (κ1) is 15.1. The number of amides is 3. The maximum atomic E-state index is 12.2. The number of hydrogen-bond donors (Lipinski definition) is 2. The number of piperazine rings is 1. The van der Waals surface area contributed by atoms with Gasteiger partial charge in [-0.2, -0.15) is 0 Å². The first-order valence-corrected chi connectivity index (χ1v) is 7.47. The molecule has 0 aliphatic carbocycles. The number of nitrogens with zero attached hydrogens (tertiary/aromatic N) is 2. The molecule has 3 N–H and O–H groups in total.